The van der Waals surface area contributed by atoms with Gasteiger partial charge in [0.25, 0.3) is 0 Å². The van der Waals surface area contributed by atoms with Crippen LogP contribution in [0, 0.1) is 0 Å². The molecular formula is C14H14N4O2. The van der Waals surface area contributed by atoms with Gasteiger partial charge < -0.3 is 13.5 Å². The highest BCUT2D eigenvalue weighted by Crippen LogP contribution is 2.54. The van der Waals surface area contributed by atoms with Crippen LogP contribution in [0.3, 0.4) is 0 Å². The van der Waals surface area contributed by atoms with Crippen LogP contribution >= 0.6 is 0 Å². The summed E-state index contributed by atoms with van der Waals surface area (Å²) in [7, 11) is 1.96. The van der Waals surface area contributed by atoms with Gasteiger partial charge in [-0.3, -0.25) is 0 Å². The quantitative estimate of drug-likeness (QED) is 0.727. The monoisotopic (exact) mass is 270 g/mol. The molecule has 102 valence electrons. The van der Waals surface area contributed by atoms with E-state index in [9.17, 15) is 0 Å². The predicted molar refractivity (Wildman–Crippen MR) is 69.1 cm³/mol. The van der Waals surface area contributed by atoms with E-state index in [0.29, 0.717) is 30.0 Å². The zero-order valence-corrected chi connectivity index (χ0v) is 11.1. The normalized spacial score (nSPS) is 21.2. The van der Waals surface area contributed by atoms with E-state index in [1.807, 2.05) is 29.9 Å². The summed E-state index contributed by atoms with van der Waals surface area (Å²) in [4.78, 5) is 8.57. The molecule has 0 spiro atoms. The first-order chi connectivity index (χ1) is 9.81. The van der Waals surface area contributed by atoms with E-state index in [2.05, 4.69) is 15.1 Å². The molecule has 3 heterocycles. The summed E-state index contributed by atoms with van der Waals surface area (Å²) >= 11 is 0. The molecule has 4 rings (SSSR count). The fourth-order valence-corrected chi connectivity index (χ4v) is 2.49. The lowest BCUT2D eigenvalue weighted by Crippen LogP contribution is -1.98. The van der Waals surface area contributed by atoms with Crippen molar-refractivity contribution in [2.75, 3.05) is 0 Å². The molecule has 0 aliphatic heterocycles. The van der Waals surface area contributed by atoms with Crippen molar-refractivity contribution in [1.29, 1.82) is 0 Å². The summed E-state index contributed by atoms with van der Waals surface area (Å²) in [5.74, 6) is 3.10. The first-order valence-electron chi connectivity index (χ1n) is 6.62. The summed E-state index contributed by atoms with van der Waals surface area (Å²) in [6.45, 7) is 0. The molecule has 0 amide bonds. The second-order valence-electron chi connectivity index (χ2n) is 5.19. The molecule has 0 unspecified atom stereocenters. The van der Waals surface area contributed by atoms with Gasteiger partial charge in [-0.25, -0.2) is 4.98 Å². The van der Waals surface area contributed by atoms with Gasteiger partial charge in [-0.15, -0.1) is 0 Å². The number of hydrogen-bond acceptors (Lipinski definition) is 5. The third-order valence-electron chi connectivity index (χ3n) is 3.76. The molecule has 0 aromatic carbocycles. The largest absolute Gasteiger partial charge is 0.469 e. The molecule has 0 radical (unpaired) electrons. The first-order valence-corrected chi connectivity index (χ1v) is 6.62. The van der Waals surface area contributed by atoms with Crippen LogP contribution in [0.2, 0.25) is 0 Å². The van der Waals surface area contributed by atoms with E-state index < -0.39 is 0 Å². The molecule has 2 atom stereocenters. The van der Waals surface area contributed by atoms with Gasteiger partial charge in [0.15, 0.2) is 5.82 Å². The maximum atomic E-state index is 5.42. The van der Waals surface area contributed by atoms with Gasteiger partial charge in [-0.05, 0) is 18.6 Å². The molecule has 6 heteroatoms. The van der Waals surface area contributed by atoms with Crippen LogP contribution in [-0.2, 0) is 13.5 Å². The molecule has 3 aromatic heterocycles. The predicted octanol–water partition coefficient (Wildman–Crippen LogP) is 2.26. The number of imidazole rings is 1. The standard InChI is InChI=1S/C14H14N4O2/c1-18-8-15-7-9(18)5-13-16-14(20-17-13)11-6-10(11)12-3-2-4-19-12/h2-4,7-8,10-11H,5-6H2,1H3/t10-,11-/m0/s1. The molecule has 1 saturated carbocycles. The lowest BCUT2D eigenvalue weighted by atomic mass is 10.2. The molecule has 0 bridgehead atoms. The molecule has 6 nitrogen and oxygen atoms in total. The zero-order chi connectivity index (χ0) is 13.5. The Balaban J connectivity index is 1.48. The van der Waals surface area contributed by atoms with Gasteiger partial charge in [0, 0.05) is 30.8 Å². The van der Waals surface area contributed by atoms with Crippen molar-refractivity contribution in [3.63, 3.8) is 0 Å². The zero-order valence-electron chi connectivity index (χ0n) is 11.1. The third-order valence-corrected chi connectivity index (χ3v) is 3.76. The van der Waals surface area contributed by atoms with Crippen molar-refractivity contribution >= 4 is 0 Å². The Morgan fingerprint density at radius 2 is 2.35 bits per heavy atom. The van der Waals surface area contributed by atoms with Crippen molar-refractivity contribution in [3.8, 4) is 0 Å². The van der Waals surface area contributed by atoms with Crippen molar-refractivity contribution in [2.24, 2.45) is 7.05 Å². The highest BCUT2D eigenvalue weighted by atomic mass is 16.5. The van der Waals surface area contributed by atoms with Crippen molar-refractivity contribution in [3.05, 3.63) is 54.1 Å². The smallest absolute Gasteiger partial charge is 0.230 e. The Labute approximate surface area is 115 Å². The van der Waals surface area contributed by atoms with E-state index >= 15 is 0 Å². The lowest BCUT2D eigenvalue weighted by Gasteiger charge is -1.96. The van der Waals surface area contributed by atoms with Gasteiger partial charge in [0.05, 0.1) is 19.0 Å². The summed E-state index contributed by atoms with van der Waals surface area (Å²) < 4.78 is 12.7. The SMILES string of the molecule is Cn1cncc1Cc1noc([C@H]2C[C@@H]2c2ccco2)n1. The lowest BCUT2D eigenvalue weighted by molar-refractivity contribution is 0.371. The minimum Gasteiger partial charge on any atom is -0.469 e. The van der Waals surface area contributed by atoms with Crippen LogP contribution in [0.15, 0.2) is 39.9 Å². The first kappa shape index (κ1) is 11.5. The summed E-state index contributed by atoms with van der Waals surface area (Å²) in [5, 5.41) is 4.05. The highest BCUT2D eigenvalue weighted by molar-refractivity contribution is 5.23. The van der Waals surface area contributed by atoms with E-state index in [1.165, 1.54) is 0 Å². The van der Waals surface area contributed by atoms with E-state index in [0.717, 1.165) is 17.9 Å². The Kier molecular flexibility index (Phi) is 2.48. The molecule has 1 fully saturated rings. The van der Waals surface area contributed by atoms with Gasteiger partial charge in [0.1, 0.15) is 5.76 Å². The summed E-state index contributed by atoms with van der Waals surface area (Å²) in [6.07, 6.45) is 6.94. The van der Waals surface area contributed by atoms with Gasteiger partial charge in [-0.2, -0.15) is 4.98 Å². The van der Waals surface area contributed by atoms with Crippen molar-refractivity contribution < 1.29 is 8.94 Å². The van der Waals surface area contributed by atoms with Crippen molar-refractivity contribution in [2.45, 2.75) is 24.7 Å². The Hall–Kier alpha value is -2.37. The molecule has 1 aliphatic rings. The average molecular weight is 270 g/mol. The van der Waals surface area contributed by atoms with E-state index in [4.69, 9.17) is 8.94 Å². The second-order valence-corrected chi connectivity index (χ2v) is 5.19. The van der Waals surface area contributed by atoms with Gasteiger partial charge in [-0.1, -0.05) is 5.16 Å². The number of aromatic nitrogens is 4. The topological polar surface area (TPSA) is 69.9 Å². The summed E-state index contributed by atoms with van der Waals surface area (Å²) in [5.41, 5.74) is 1.07. The maximum Gasteiger partial charge on any atom is 0.230 e. The molecule has 1 aliphatic carbocycles. The Morgan fingerprint density at radius 3 is 3.10 bits per heavy atom. The molecule has 0 N–H and O–H groups in total. The molecule has 20 heavy (non-hydrogen) atoms. The number of rotatable bonds is 4. The number of furan rings is 1. The van der Waals surface area contributed by atoms with Crippen LogP contribution in [0.5, 0.6) is 0 Å². The maximum absolute atomic E-state index is 5.42. The summed E-state index contributed by atoms with van der Waals surface area (Å²) in [6, 6.07) is 3.91. The average Bonchev–Trinajstić information content (AvgIpc) is 2.90. The minimum absolute atomic E-state index is 0.300. The second kappa shape index (κ2) is 4.33. The molecule has 0 saturated heterocycles. The fraction of sp³-hybridized carbons (Fsp3) is 0.357. The minimum atomic E-state index is 0.300. The number of hydrogen-bond donors (Lipinski definition) is 0. The number of nitrogens with zero attached hydrogens (tertiary/aromatic N) is 4. The Morgan fingerprint density at radius 1 is 1.40 bits per heavy atom. The Bertz CT molecular complexity index is 713. The van der Waals surface area contributed by atoms with Gasteiger partial charge in [0.2, 0.25) is 5.89 Å². The van der Waals surface area contributed by atoms with Crippen LogP contribution < -0.4 is 0 Å². The van der Waals surface area contributed by atoms with Crippen LogP contribution in [-0.4, -0.2) is 19.7 Å². The fourth-order valence-electron chi connectivity index (χ4n) is 2.49. The molecular weight excluding hydrogens is 256 g/mol. The highest BCUT2D eigenvalue weighted by Gasteiger charge is 2.45. The van der Waals surface area contributed by atoms with E-state index in [-0.39, 0.29) is 0 Å². The van der Waals surface area contributed by atoms with Crippen LogP contribution in [0.1, 0.15) is 41.4 Å². The third kappa shape index (κ3) is 1.93. The van der Waals surface area contributed by atoms with Crippen LogP contribution in [0.4, 0.5) is 0 Å². The van der Waals surface area contributed by atoms with E-state index in [1.54, 1.807) is 12.6 Å². The van der Waals surface area contributed by atoms with Gasteiger partial charge >= 0.3 is 0 Å². The molecule has 3 aromatic rings. The number of aryl methyl sites for hydroxylation is 1. The van der Waals surface area contributed by atoms with Crippen LogP contribution in [0.25, 0.3) is 0 Å². The van der Waals surface area contributed by atoms with Crippen molar-refractivity contribution in [1.82, 2.24) is 19.7 Å².